The van der Waals surface area contributed by atoms with Gasteiger partial charge in [-0.2, -0.15) is 0 Å². The van der Waals surface area contributed by atoms with Crippen LogP contribution in [0, 0.1) is 5.92 Å². The summed E-state index contributed by atoms with van der Waals surface area (Å²) >= 11 is 6.26. The van der Waals surface area contributed by atoms with Crippen LogP contribution in [-0.2, 0) is 20.0 Å². The van der Waals surface area contributed by atoms with Gasteiger partial charge in [0.1, 0.15) is 11.0 Å². The zero-order valence-electron chi connectivity index (χ0n) is 10.6. The van der Waals surface area contributed by atoms with E-state index in [9.17, 15) is 0 Å². The highest BCUT2D eigenvalue weighted by Gasteiger charge is 2.16. The topological polar surface area (TPSA) is 43.8 Å². The first-order valence-corrected chi connectivity index (χ1v) is 7.00. The van der Waals surface area contributed by atoms with E-state index in [1.165, 1.54) is 38.5 Å². The molecule has 1 saturated carbocycles. The minimum Gasteiger partial charge on any atom is -0.324 e. The molecular formula is C13H22ClN3. The Morgan fingerprint density at radius 1 is 1.35 bits per heavy atom. The summed E-state index contributed by atoms with van der Waals surface area (Å²) in [6.07, 6.45) is 9.20. The minimum absolute atomic E-state index is 0.458. The van der Waals surface area contributed by atoms with E-state index >= 15 is 0 Å². The Balaban J connectivity index is 1.94. The molecule has 96 valence electrons. The molecule has 0 radical (unpaired) electrons. The molecule has 1 aromatic heterocycles. The number of hydrogen-bond acceptors (Lipinski definition) is 2. The molecular weight excluding hydrogens is 234 g/mol. The lowest BCUT2D eigenvalue weighted by atomic mass is 9.86. The van der Waals surface area contributed by atoms with Gasteiger partial charge in [-0.15, -0.1) is 0 Å². The van der Waals surface area contributed by atoms with Crippen molar-refractivity contribution < 1.29 is 0 Å². The van der Waals surface area contributed by atoms with Crippen molar-refractivity contribution >= 4 is 11.6 Å². The summed E-state index contributed by atoms with van der Waals surface area (Å²) in [7, 11) is 1.93. The monoisotopic (exact) mass is 255 g/mol. The van der Waals surface area contributed by atoms with E-state index in [0.717, 1.165) is 29.0 Å². The Bertz CT molecular complexity index is 367. The van der Waals surface area contributed by atoms with E-state index in [1.807, 2.05) is 11.6 Å². The molecule has 17 heavy (non-hydrogen) atoms. The summed E-state index contributed by atoms with van der Waals surface area (Å²) in [5, 5.41) is 0.765. The van der Waals surface area contributed by atoms with Crippen molar-refractivity contribution in [3.05, 3.63) is 16.7 Å². The van der Waals surface area contributed by atoms with Gasteiger partial charge in [0.15, 0.2) is 0 Å². The molecule has 0 aromatic carbocycles. The number of imidazole rings is 1. The standard InChI is InChI=1S/C13H22ClN3/c1-17-12(9-15)16-11(13(17)14)8-7-10-5-3-2-4-6-10/h10H,2-9,15H2,1H3. The molecule has 1 aliphatic rings. The van der Waals surface area contributed by atoms with Crippen LogP contribution in [0.1, 0.15) is 50.0 Å². The molecule has 4 heteroatoms. The van der Waals surface area contributed by atoms with Crippen LogP contribution in [0.25, 0.3) is 0 Å². The summed E-state index contributed by atoms with van der Waals surface area (Å²) in [4.78, 5) is 4.52. The molecule has 1 aliphatic carbocycles. The van der Waals surface area contributed by atoms with Crippen molar-refractivity contribution in [1.82, 2.24) is 9.55 Å². The molecule has 1 heterocycles. The van der Waals surface area contributed by atoms with Gasteiger partial charge in [-0.05, 0) is 18.8 Å². The molecule has 0 spiro atoms. The Labute approximate surface area is 108 Å². The predicted octanol–water partition coefficient (Wildman–Crippen LogP) is 3.05. The number of aryl methyl sites for hydroxylation is 1. The molecule has 2 N–H and O–H groups in total. The van der Waals surface area contributed by atoms with Crippen molar-refractivity contribution in [3.8, 4) is 0 Å². The van der Waals surface area contributed by atoms with Gasteiger partial charge in [0.2, 0.25) is 0 Å². The molecule has 0 atom stereocenters. The second-order valence-electron chi connectivity index (χ2n) is 5.07. The third kappa shape index (κ3) is 3.02. The first-order valence-electron chi connectivity index (χ1n) is 6.62. The lowest BCUT2D eigenvalue weighted by molar-refractivity contribution is 0.338. The number of aromatic nitrogens is 2. The second kappa shape index (κ2) is 5.87. The number of nitrogens with two attached hydrogens (primary N) is 1. The summed E-state index contributed by atoms with van der Waals surface area (Å²) in [6.45, 7) is 0.458. The Hall–Kier alpha value is -0.540. The maximum absolute atomic E-state index is 6.26. The quantitative estimate of drug-likeness (QED) is 0.899. The fourth-order valence-corrected chi connectivity index (χ4v) is 2.98. The normalized spacial score (nSPS) is 17.6. The minimum atomic E-state index is 0.458. The lowest BCUT2D eigenvalue weighted by Gasteiger charge is -2.20. The highest BCUT2D eigenvalue weighted by atomic mass is 35.5. The highest BCUT2D eigenvalue weighted by Crippen LogP contribution is 2.28. The fourth-order valence-electron chi connectivity index (χ4n) is 2.74. The molecule has 3 nitrogen and oxygen atoms in total. The zero-order valence-corrected chi connectivity index (χ0v) is 11.3. The van der Waals surface area contributed by atoms with Gasteiger partial charge < -0.3 is 10.3 Å². The Kier molecular flexibility index (Phi) is 4.46. The Morgan fingerprint density at radius 2 is 2.06 bits per heavy atom. The molecule has 1 aromatic rings. The third-order valence-electron chi connectivity index (χ3n) is 3.88. The van der Waals surface area contributed by atoms with Gasteiger partial charge in [-0.1, -0.05) is 43.7 Å². The lowest BCUT2D eigenvalue weighted by Crippen LogP contribution is -2.07. The molecule has 0 amide bonds. The van der Waals surface area contributed by atoms with Gasteiger partial charge in [-0.25, -0.2) is 4.98 Å². The fraction of sp³-hybridized carbons (Fsp3) is 0.769. The zero-order chi connectivity index (χ0) is 12.3. The Morgan fingerprint density at radius 3 is 2.65 bits per heavy atom. The number of rotatable bonds is 4. The second-order valence-corrected chi connectivity index (χ2v) is 5.43. The number of halogens is 1. The van der Waals surface area contributed by atoms with Crippen molar-refractivity contribution in [3.63, 3.8) is 0 Å². The summed E-state index contributed by atoms with van der Waals surface area (Å²) in [5.41, 5.74) is 6.66. The third-order valence-corrected chi connectivity index (χ3v) is 4.35. The largest absolute Gasteiger partial charge is 0.324 e. The SMILES string of the molecule is Cn1c(CN)nc(CCC2CCCCC2)c1Cl. The molecule has 0 saturated heterocycles. The average Bonchev–Trinajstić information content (AvgIpc) is 2.65. The van der Waals surface area contributed by atoms with Crippen LogP contribution in [0.4, 0.5) is 0 Å². The maximum Gasteiger partial charge on any atom is 0.131 e. The van der Waals surface area contributed by atoms with E-state index in [4.69, 9.17) is 17.3 Å². The van der Waals surface area contributed by atoms with Crippen LogP contribution in [0.2, 0.25) is 5.15 Å². The van der Waals surface area contributed by atoms with Crippen molar-refractivity contribution in [2.45, 2.75) is 51.5 Å². The van der Waals surface area contributed by atoms with Crippen molar-refractivity contribution in [2.75, 3.05) is 0 Å². The van der Waals surface area contributed by atoms with E-state index in [2.05, 4.69) is 4.98 Å². The van der Waals surface area contributed by atoms with Gasteiger partial charge in [0, 0.05) is 7.05 Å². The van der Waals surface area contributed by atoms with Gasteiger partial charge in [-0.3, -0.25) is 0 Å². The molecule has 0 aliphatic heterocycles. The van der Waals surface area contributed by atoms with Crippen LogP contribution in [-0.4, -0.2) is 9.55 Å². The van der Waals surface area contributed by atoms with E-state index in [1.54, 1.807) is 0 Å². The molecule has 0 bridgehead atoms. The molecule has 0 unspecified atom stereocenters. The average molecular weight is 256 g/mol. The van der Waals surface area contributed by atoms with Crippen LogP contribution < -0.4 is 5.73 Å². The van der Waals surface area contributed by atoms with Gasteiger partial charge >= 0.3 is 0 Å². The first-order chi connectivity index (χ1) is 8.22. The van der Waals surface area contributed by atoms with Gasteiger partial charge in [0.05, 0.1) is 12.2 Å². The van der Waals surface area contributed by atoms with Crippen molar-refractivity contribution in [2.24, 2.45) is 18.7 Å². The van der Waals surface area contributed by atoms with E-state index in [0.29, 0.717) is 6.54 Å². The van der Waals surface area contributed by atoms with E-state index in [-0.39, 0.29) is 0 Å². The van der Waals surface area contributed by atoms with E-state index < -0.39 is 0 Å². The maximum atomic E-state index is 6.26. The van der Waals surface area contributed by atoms with Crippen LogP contribution >= 0.6 is 11.6 Å². The first kappa shape index (κ1) is 12.9. The summed E-state index contributed by atoms with van der Waals surface area (Å²) in [5.74, 6) is 1.76. The molecule has 2 rings (SSSR count). The summed E-state index contributed by atoms with van der Waals surface area (Å²) < 4.78 is 1.90. The highest BCUT2D eigenvalue weighted by molar-refractivity contribution is 6.30. The number of nitrogens with zero attached hydrogens (tertiary/aromatic N) is 2. The predicted molar refractivity (Wildman–Crippen MR) is 71.0 cm³/mol. The van der Waals surface area contributed by atoms with Crippen molar-refractivity contribution in [1.29, 1.82) is 0 Å². The van der Waals surface area contributed by atoms with Crippen LogP contribution in [0.5, 0.6) is 0 Å². The molecule has 1 fully saturated rings. The van der Waals surface area contributed by atoms with Gasteiger partial charge in [0.25, 0.3) is 0 Å². The van der Waals surface area contributed by atoms with Crippen LogP contribution in [0.3, 0.4) is 0 Å². The summed E-state index contributed by atoms with van der Waals surface area (Å²) in [6, 6.07) is 0. The number of hydrogen-bond donors (Lipinski definition) is 1. The smallest absolute Gasteiger partial charge is 0.131 e. The van der Waals surface area contributed by atoms with Crippen LogP contribution in [0.15, 0.2) is 0 Å².